The van der Waals surface area contributed by atoms with Gasteiger partial charge in [0.1, 0.15) is 5.75 Å². The average Bonchev–Trinajstić information content (AvgIpc) is 2.03. The normalized spacial score (nSPS) is 13.5. The monoisotopic (exact) mass is 242 g/mol. The Balaban J connectivity index is 3.00. The first-order valence-electron chi connectivity index (χ1n) is 3.95. The molecule has 0 saturated carbocycles. The number of aliphatic hydroxyl groups excluding tert-OH is 1. The molecule has 2 N–H and O–H groups in total. The largest absolute Gasteiger partial charge is 0.507 e. The Morgan fingerprint density at radius 1 is 1.46 bits per heavy atom. The lowest BCUT2D eigenvalue weighted by Crippen LogP contribution is -1.91. The third-order valence-electron chi connectivity index (χ3n) is 1.57. The van der Waals surface area contributed by atoms with Crippen molar-refractivity contribution in [3.05, 3.63) is 34.3 Å². The molecule has 1 rings (SSSR count). The van der Waals surface area contributed by atoms with E-state index in [2.05, 4.69) is 15.9 Å². The molecule has 0 aliphatic carbocycles. The van der Waals surface area contributed by atoms with Crippen molar-refractivity contribution in [3.8, 4) is 5.75 Å². The molecule has 1 atom stereocenters. The van der Waals surface area contributed by atoms with Crippen LogP contribution >= 0.6 is 15.9 Å². The molecule has 70 valence electrons. The number of aliphatic hydroxyl groups is 1. The Kier molecular flexibility index (Phi) is 3.51. The van der Waals surface area contributed by atoms with E-state index >= 15 is 0 Å². The van der Waals surface area contributed by atoms with Gasteiger partial charge in [0.15, 0.2) is 0 Å². The van der Waals surface area contributed by atoms with E-state index in [1.165, 1.54) is 0 Å². The molecule has 0 radical (unpaired) electrons. The lowest BCUT2D eigenvalue weighted by Gasteiger charge is -2.01. The summed E-state index contributed by atoms with van der Waals surface area (Å²) in [6.45, 7) is 1.66. The van der Waals surface area contributed by atoms with Gasteiger partial charge >= 0.3 is 0 Å². The molecular formula is C10H11BrO2. The number of hydrogen-bond acceptors (Lipinski definition) is 2. The Morgan fingerprint density at radius 3 is 2.69 bits per heavy atom. The Bertz CT molecular complexity index is 298. The first-order chi connectivity index (χ1) is 6.11. The van der Waals surface area contributed by atoms with Gasteiger partial charge in [0, 0.05) is 10.0 Å². The maximum Gasteiger partial charge on any atom is 0.123 e. The van der Waals surface area contributed by atoms with Gasteiger partial charge in [0.2, 0.25) is 0 Å². The summed E-state index contributed by atoms with van der Waals surface area (Å²) in [5.74, 6) is 0.200. The van der Waals surface area contributed by atoms with E-state index in [0.29, 0.717) is 5.56 Å². The van der Waals surface area contributed by atoms with Crippen LogP contribution in [-0.2, 0) is 0 Å². The van der Waals surface area contributed by atoms with Gasteiger partial charge in [-0.05, 0) is 19.1 Å². The zero-order valence-electron chi connectivity index (χ0n) is 7.24. The van der Waals surface area contributed by atoms with Gasteiger partial charge in [-0.25, -0.2) is 0 Å². The van der Waals surface area contributed by atoms with Crippen LogP contribution in [-0.4, -0.2) is 16.3 Å². The SMILES string of the molecule is CC(O)C=Cc1c(O)cccc1Br. The summed E-state index contributed by atoms with van der Waals surface area (Å²) in [4.78, 5) is 0. The number of aromatic hydroxyl groups is 1. The third kappa shape index (κ3) is 2.86. The summed E-state index contributed by atoms with van der Waals surface area (Å²) >= 11 is 3.30. The lowest BCUT2D eigenvalue weighted by atomic mass is 10.2. The van der Waals surface area contributed by atoms with Crippen LogP contribution in [0.3, 0.4) is 0 Å². The van der Waals surface area contributed by atoms with Gasteiger partial charge in [-0.2, -0.15) is 0 Å². The average molecular weight is 243 g/mol. The second kappa shape index (κ2) is 4.44. The second-order valence-corrected chi connectivity index (χ2v) is 3.63. The van der Waals surface area contributed by atoms with E-state index < -0.39 is 6.10 Å². The van der Waals surface area contributed by atoms with E-state index in [1.807, 2.05) is 6.07 Å². The Hall–Kier alpha value is -0.800. The Morgan fingerprint density at radius 2 is 2.15 bits per heavy atom. The fourth-order valence-corrected chi connectivity index (χ4v) is 1.41. The first-order valence-corrected chi connectivity index (χ1v) is 4.74. The van der Waals surface area contributed by atoms with Crippen LogP contribution in [0, 0.1) is 0 Å². The first kappa shape index (κ1) is 10.3. The molecule has 0 heterocycles. The summed E-state index contributed by atoms with van der Waals surface area (Å²) in [6, 6.07) is 5.19. The molecule has 2 nitrogen and oxygen atoms in total. The van der Waals surface area contributed by atoms with Crippen molar-refractivity contribution in [3.63, 3.8) is 0 Å². The highest BCUT2D eigenvalue weighted by atomic mass is 79.9. The molecule has 0 saturated heterocycles. The van der Waals surface area contributed by atoms with Crippen LogP contribution < -0.4 is 0 Å². The Labute approximate surface area is 85.7 Å². The number of benzene rings is 1. The molecule has 0 fully saturated rings. The summed E-state index contributed by atoms with van der Waals surface area (Å²) in [6.07, 6.45) is 2.79. The molecule has 0 bridgehead atoms. The molecule has 0 aromatic heterocycles. The highest BCUT2D eigenvalue weighted by Crippen LogP contribution is 2.26. The zero-order chi connectivity index (χ0) is 9.84. The molecule has 1 aromatic carbocycles. The van der Waals surface area contributed by atoms with E-state index in [4.69, 9.17) is 5.11 Å². The van der Waals surface area contributed by atoms with Crippen molar-refractivity contribution < 1.29 is 10.2 Å². The van der Waals surface area contributed by atoms with E-state index in [1.54, 1.807) is 31.2 Å². The fourth-order valence-electron chi connectivity index (χ4n) is 0.926. The molecule has 0 amide bonds. The molecule has 0 aliphatic heterocycles. The van der Waals surface area contributed by atoms with E-state index in [0.717, 1.165) is 4.47 Å². The quantitative estimate of drug-likeness (QED) is 0.837. The van der Waals surface area contributed by atoms with E-state index in [-0.39, 0.29) is 5.75 Å². The highest BCUT2D eigenvalue weighted by Gasteiger charge is 2.01. The molecule has 13 heavy (non-hydrogen) atoms. The van der Waals surface area contributed by atoms with Gasteiger partial charge < -0.3 is 10.2 Å². The van der Waals surface area contributed by atoms with Crippen LogP contribution in [0.15, 0.2) is 28.7 Å². The minimum atomic E-state index is -0.508. The topological polar surface area (TPSA) is 40.5 Å². The minimum Gasteiger partial charge on any atom is -0.507 e. The summed E-state index contributed by atoms with van der Waals surface area (Å²) < 4.78 is 0.810. The second-order valence-electron chi connectivity index (χ2n) is 2.77. The van der Waals surface area contributed by atoms with Gasteiger partial charge in [-0.3, -0.25) is 0 Å². The van der Waals surface area contributed by atoms with Crippen molar-refractivity contribution in [2.24, 2.45) is 0 Å². The third-order valence-corrected chi connectivity index (χ3v) is 2.26. The summed E-state index contributed by atoms with van der Waals surface area (Å²) in [7, 11) is 0. The maximum atomic E-state index is 9.44. The van der Waals surface area contributed by atoms with Crippen LogP contribution in [0.4, 0.5) is 0 Å². The summed E-state index contributed by atoms with van der Waals surface area (Å²) in [5, 5.41) is 18.5. The molecule has 0 aliphatic rings. The van der Waals surface area contributed by atoms with Gasteiger partial charge in [-0.15, -0.1) is 0 Å². The minimum absolute atomic E-state index is 0.200. The predicted molar refractivity (Wildman–Crippen MR) is 56.5 cm³/mol. The molecule has 3 heteroatoms. The standard InChI is InChI=1S/C10H11BrO2/c1-7(12)5-6-8-9(11)3-2-4-10(8)13/h2-7,12-13H,1H3. The number of halogens is 1. The van der Waals surface area contributed by atoms with Crippen molar-refractivity contribution in [1.29, 1.82) is 0 Å². The molecule has 1 unspecified atom stereocenters. The number of phenols is 1. The van der Waals surface area contributed by atoms with Crippen molar-refractivity contribution >= 4 is 22.0 Å². The molecule has 0 spiro atoms. The fraction of sp³-hybridized carbons (Fsp3) is 0.200. The van der Waals surface area contributed by atoms with E-state index in [9.17, 15) is 5.11 Å². The highest BCUT2D eigenvalue weighted by molar-refractivity contribution is 9.10. The van der Waals surface area contributed by atoms with Crippen LogP contribution in [0.1, 0.15) is 12.5 Å². The molecule has 1 aromatic rings. The van der Waals surface area contributed by atoms with Crippen molar-refractivity contribution in [2.45, 2.75) is 13.0 Å². The van der Waals surface area contributed by atoms with Gasteiger partial charge in [0.25, 0.3) is 0 Å². The molecular weight excluding hydrogens is 232 g/mol. The lowest BCUT2D eigenvalue weighted by molar-refractivity contribution is 0.245. The van der Waals surface area contributed by atoms with Crippen molar-refractivity contribution in [1.82, 2.24) is 0 Å². The van der Waals surface area contributed by atoms with Crippen LogP contribution in [0.5, 0.6) is 5.75 Å². The number of phenolic OH excluding ortho intramolecular Hbond substituents is 1. The summed E-state index contributed by atoms with van der Waals surface area (Å²) in [5.41, 5.74) is 0.684. The zero-order valence-corrected chi connectivity index (χ0v) is 8.82. The van der Waals surface area contributed by atoms with Crippen LogP contribution in [0.2, 0.25) is 0 Å². The number of hydrogen-bond donors (Lipinski definition) is 2. The van der Waals surface area contributed by atoms with Crippen LogP contribution in [0.25, 0.3) is 6.08 Å². The number of rotatable bonds is 2. The van der Waals surface area contributed by atoms with Crippen molar-refractivity contribution in [2.75, 3.05) is 0 Å². The van der Waals surface area contributed by atoms with Gasteiger partial charge in [-0.1, -0.05) is 34.1 Å². The van der Waals surface area contributed by atoms with Gasteiger partial charge in [0.05, 0.1) is 6.10 Å². The maximum absolute atomic E-state index is 9.44. The smallest absolute Gasteiger partial charge is 0.123 e. The predicted octanol–water partition coefficient (Wildman–Crippen LogP) is 2.55.